The van der Waals surface area contributed by atoms with Gasteiger partial charge in [0, 0.05) is 36.8 Å². The first-order valence-electron chi connectivity index (χ1n) is 9.61. The minimum absolute atomic E-state index is 0.114. The highest BCUT2D eigenvalue weighted by Gasteiger charge is 2.28. The van der Waals surface area contributed by atoms with Gasteiger partial charge in [-0.3, -0.25) is 9.69 Å². The summed E-state index contributed by atoms with van der Waals surface area (Å²) in [5.74, 6) is 0.114. The number of piperazine rings is 1. The van der Waals surface area contributed by atoms with E-state index in [9.17, 15) is 4.79 Å². The molecule has 1 saturated heterocycles. The molecule has 1 amide bonds. The number of carbonyl (C=O) groups excluding carboxylic acids is 1. The van der Waals surface area contributed by atoms with Gasteiger partial charge in [0.15, 0.2) is 0 Å². The molecule has 4 rings (SSSR count). The summed E-state index contributed by atoms with van der Waals surface area (Å²) in [5, 5.41) is 0.744. The van der Waals surface area contributed by atoms with Gasteiger partial charge in [0.1, 0.15) is 0 Å². The zero-order valence-corrected chi connectivity index (χ0v) is 16.4. The number of amides is 1. The van der Waals surface area contributed by atoms with E-state index in [-0.39, 0.29) is 11.9 Å². The Kier molecular flexibility index (Phi) is 5.75. The highest BCUT2D eigenvalue weighted by Crippen LogP contribution is 2.30. The number of halogens is 1. The van der Waals surface area contributed by atoms with Crippen molar-refractivity contribution < 1.29 is 4.79 Å². The lowest BCUT2D eigenvalue weighted by molar-refractivity contribution is 0.0597. The van der Waals surface area contributed by atoms with Gasteiger partial charge in [-0.05, 0) is 35.4 Å². The van der Waals surface area contributed by atoms with Crippen LogP contribution in [-0.4, -0.2) is 41.9 Å². The molecule has 0 aliphatic carbocycles. The quantitative estimate of drug-likeness (QED) is 0.633. The minimum atomic E-state index is 0.114. The van der Waals surface area contributed by atoms with Crippen molar-refractivity contribution in [2.45, 2.75) is 6.04 Å². The molecule has 1 unspecified atom stereocenters. The molecular weight excluding hydrogens is 368 g/mol. The van der Waals surface area contributed by atoms with E-state index in [4.69, 9.17) is 11.6 Å². The van der Waals surface area contributed by atoms with Gasteiger partial charge in [-0.2, -0.15) is 0 Å². The molecule has 0 bridgehead atoms. The molecule has 1 heterocycles. The number of benzene rings is 3. The molecule has 0 aromatic heterocycles. The summed E-state index contributed by atoms with van der Waals surface area (Å²) < 4.78 is 0. The first kappa shape index (κ1) is 18.7. The van der Waals surface area contributed by atoms with Gasteiger partial charge in [-0.15, -0.1) is 0 Å². The molecule has 3 aromatic carbocycles. The zero-order chi connectivity index (χ0) is 19.3. The van der Waals surface area contributed by atoms with Crippen molar-refractivity contribution >= 4 is 17.5 Å². The van der Waals surface area contributed by atoms with Gasteiger partial charge >= 0.3 is 0 Å². The molecule has 1 fully saturated rings. The van der Waals surface area contributed by atoms with Crippen LogP contribution in [0.25, 0.3) is 0 Å². The van der Waals surface area contributed by atoms with Crippen molar-refractivity contribution in [1.29, 1.82) is 0 Å². The second-order valence-corrected chi connectivity index (χ2v) is 7.50. The van der Waals surface area contributed by atoms with E-state index >= 15 is 0 Å². The maximum absolute atomic E-state index is 12.7. The standard InChI is InChI=1S/C24H23ClN2O/c25-22-13-11-20(12-14-22)23(19-7-3-1-4-8-19)26-15-17-27(18-16-26)24(28)21-9-5-2-6-10-21/h1-14,23H,15-18H2. The number of carbonyl (C=O) groups is 1. The first-order chi connectivity index (χ1) is 13.7. The predicted octanol–water partition coefficient (Wildman–Crippen LogP) is 4.89. The second kappa shape index (κ2) is 8.59. The maximum atomic E-state index is 12.7. The van der Waals surface area contributed by atoms with Crippen LogP contribution in [0, 0.1) is 0 Å². The monoisotopic (exact) mass is 390 g/mol. The topological polar surface area (TPSA) is 23.6 Å². The van der Waals surface area contributed by atoms with Gasteiger partial charge in [0.05, 0.1) is 6.04 Å². The van der Waals surface area contributed by atoms with E-state index in [2.05, 4.69) is 41.3 Å². The summed E-state index contributed by atoms with van der Waals surface area (Å²) in [7, 11) is 0. The maximum Gasteiger partial charge on any atom is 0.253 e. The fourth-order valence-electron chi connectivity index (χ4n) is 3.84. The smallest absolute Gasteiger partial charge is 0.253 e. The van der Waals surface area contributed by atoms with E-state index in [1.165, 1.54) is 11.1 Å². The number of rotatable bonds is 4. The van der Waals surface area contributed by atoms with Crippen LogP contribution in [0.15, 0.2) is 84.9 Å². The molecule has 0 N–H and O–H groups in total. The zero-order valence-electron chi connectivity index (χ0n) is 15.7. The summed E-state index contributed by atoms with van der Waals surface area (Å²) in [6.45, 7) is 3.12. The van der Waals surface area contributed by atoms with E-state index in [1.54, 1.807) is 0 Å². The third-order valence-corrected chi connectivity index (χ3v) is 5.54. The lowest BCUT2D eigenvalue weighted by atomic mass is 9.96. The van der Waals surface area contributed by atoms with E-state index < -0.39 is 0 Å². The van der Waals surface area contributed by atoms with Crippen molar-refractivity contribution in [3.05, 3.63) is 107 Å². The highest BCUT2D eigenvalue weighted by atomic mass is 35.5. The molecule has 28 heavy (non-hydrogen) atoms. The fourth-order valence-corrected chi connectivity index (χ4v) is 3.97. The Morgan fingerprint density at radius 1 is 0.714 bits per heavy atom. The Bertz CT molecular complexity index is 904. The Morgan fingerprint density at radius 3 is 1.86 bits per heavy atom. The van der Waals surface area contributed by atoms with Gasteiger partial charge in [0.25, 0.3) is 5.91 Å². The lowest BCUT2D eigenvalue weighted by Crippen LogP contribution is -2.49. The Hall–Kier alpha value is -2.62. The van der Waals surface area contributed by atoms with Crippen molar-refractivity contribution in [3.8, 4) is 0 Å². The molecule has 4 heteroatoms. The van der Waals surface area contributed by atoms with Crippen LogP contribution in [-0.2, 0) is 0 Å². The molecule has 1 aliphatic heterocycles. The molecule has 142 valence electrons. The summed E-state index contributed by atoms with van der Waals surface area (Å²) in [6.07, 6.45) is 0. The summed E-state index contributed by atoms with van der Waals surface area (Å²) in [4.78, 5) is 17.2. The summed E-state index contributed by atoms with van der Waals surface area (Å²) in [5.41, 5.74) is 3.24. The van der Waals surface area contributed by atoms with Crippen molar-refractivity contribution in [2.75, 3.05) is 26.2 Å². The Morgan fingerprint density at radius 2 is 1.25 bits per heavy atom. The lowest BCUT2D eigenvalue weighted by Gasteiger charge is -2.39. The van der Waals surface area contributed by atoms with Crippen molar-refractivity contribution in [2.24, 2.45) is 0 Å². The molecule has 1 atom stereocenters. The van der Waals surface area contributed by atoms with Crippen molar-refractivity contribution in [3.63, 3.8) is 0 Å². The van der Waals surface area contributed by atoms with Crippen LogP contribution in [0.1, 0.15) is 27.5 Å². The van der Waals surface area contributed by atoms with E-state index in [1.807, 2.05) is 53.4 Å². The van der Waals surface area contributed by atoms with Gasteiger partial charge < -0.3 is 4.90 Å². The molecule has 0 radical (unpaired) electrons. The molecule has 3 nitrogen and oxygen atoms in total. The Balaban J connectivity index is 1.53. The van der Waals surface area contributed by atoms with E-state index in [0.717, 1.165) is 36.8 Å². The SMILES string of the molecule is O=C(c1ccccc1)N1CCN(C(c2ccccc2)c2ccc(Cl)cc2)CC1. The van der Waals surface area contributed by atoms with Crippen molar-refractivity contribution in [1.82, 2.24) is 9.80 Å². The van der Waals surface area contributed by atoms with Crippen LogP contribution < -0.4 is 0 Å². The van der Waals surface area contributed by atoms with Crippen LogP contribution in [0.3, 0.4) is 0 Å². The third-order valence-electron chi connectivity index (χ3n) is 5.29. The molecule has 0 saturated carbocycles. The van der Waals surface area contributed by atoms with Gasteiger partial charge in [-0.1, -0.05) is 72.3 Å². The Labute approximate surface area is 171 Å². The van der Waals surface area contributed by atoms with Gasteiger partial charge in [0.2, 0.25) is 0 Å². The third kappa shape index (κ3) is 4.11. The number of hydrogen-bond acceptors (Lipinski definition) is 2. The number of hydrogen-bond donors (Lipinski definition) is 0. The predicted molar refractivity (Wildman–Crippen MR) is 114 cm³/mol. The second-order valence-electron chi connectivity index (χ2n) is 7.06. The van der Waals surface area contributed by atoms with Crippen LogP contribution >= 0.6 is 11.6 Å². The molecule has 1 aliphatic rings. The average molecular weight is 391 g/mol. The molecular formula is C24H23ClN2O. The molecule has 3 aromatic rings. The van der Waals surface area contributed by atoms with E-state index in [0.29, 0.717) is 0 Å². The molecule has 0 spiro atoms. The summed E-state index contributed by atoms with van der Waals surface area (Å²) in [6, 6.07) is 28.3. The largest absolute Gasteiger partial charge is 0.336 e. The highest BCUT2D eigenvalue weighted by molar-refractivity contribution is 6.30. The normalized spacial score (nSPS) is 16.0. The number of nitrogens with zero attached hydrogens (tertiary/aromatic N) is 2. The minimum Gasteiger partial charge on any atom is -0.336 e. The summed E-state index contributed by atoms with van der Waals surface area (Å²) >= 11 is 6.10. The fraction of sp³-hybridized carbons (Fsp3) is 0.208. The van der Waals surface area contributed by atoms with Crippen LogP contribution in [0.4, 0.5) is 0 Å². The van der Waals surface area contributed by atoms with Gasteiger partial charge in [-0.25, -0.2) is 0 Å². The van der Waals surface area contributed by atoms with Crippen LogP contribution in [0.2, 0.25) is 5.02 Å². The first-order valence-corrected chi connectivity index (χ1v) is 9.99. The average Bonchev–Trinajstić information content (AvgIpc) is 2.77. The van der Waals surface area contributed by atoms with Crippen LogP contribution in [0.5, 0.6) is 0 Å².